The van der Waals surface area contributed by atoms with Crippen molar-refractivity contribution in [2.24, 2.45) is 5.73 Å². The minimum Gasteiger partial charge on any atom is -0.366 e. The number of hydrogen-bond acceptors (Lipinski definition) is 1. The van der Waals surface area contributed by atoms with Gasteiger partial charge in [-0.1, -0.05) is 6.07 Å². The molecule has 0 unspecified atom stereocenters. The third kappa shape index (κ3) is 2.71. The number of carbonyl (C=O) groups is 1. The van der Waals surface area contributed by atoms with Crippen LogP contribution in [0.3, 0.4) is 0 Å². The van der Waals surface area contributed by atoms with E-state index in [0.717, 1.165) is 5.56 Å². The normalized spacial score (nSPS) is 10.6. The molecule has 0 radical (unpaired) electrons. The maximum absolute atomic E-state index is 12.8. The molecule has 0 saturated carbocycles. The van der Waals surface area contributed by atoms with Gasteiger partial charge in [-0.3, -0.25) is 4.79 Å². The minimum atomic E-state index is -0.512. The van der Waals surface area contributed by atoms with Gasteiger partial charge in [-0.15, -0.1) is 0 Å². The summed E-state index contributed by atoms with van der Waals surface area (Å²) in [6.45, 7) is 1.66. The molecule has 1 aromatic carbocycles. The number of aryl methyl sites for hydroxylation is 1. The van der Waals surface area contributed by atoms with Crippen molar-refractivity contribution in [3.8, 4) is 0 Å². The van der Waals surface area contributed by atoms with Crippen molar-refractivity contribution in [1.82, 2.24) is 0 Å². The van der Waals surface area contributed by atoms with Crippen molar-refractivity contribution >= 4 is 12.0 Å². The first-order valence-electron chi connectivity index (χ1n) is 3.83. The Balaban J connectivity index is 2.92. The van der Waals surface area contributed by atoms with Crippen molar-refractivity contribution in [3.05, 3.63) is 41.2 Å². The van der Waals surface area contributed by atoms with E-state index < -0.39 is 5.91 Å². The molecule has 13 heavy (non-hydrogen) atoms. The Morgan fingerprint density at radius 3 is 2.77 bits per heavy atom. The average Bonchev–Trinajstić information content (AvgIpc) is 2.07. The second kappa shape index (κ2) is 3.85. The van der Waals surface area contributed by atoms with Crippen molar-refractivity contribution in [1.29, 1.82) is 0 Å². The highest BCUT2D eigenvalue weighted by atomic mass is 19.1. The van der Waals surface area contributed by atoms with Crippen molar-refractivity contribution in [3.63, 3.8) is 0 Å². The Kier molecular flexibility index (Phi) is 2.80. The molecule has 0 heterocycles. The largest absolute Gasteiger partial charge is 0.366 e. The van der Waals surface area contributed by atoms with E-state index in [0.29, 0.717) is 5.56 Å². The number of halogens is 1. The molecule has 0 bridgehead atoms. The van der Waals surface area contributed by atoms with Crippen LogP contribution >= 0.6 is 0 Å². The van der Waals surface area contributed by atoms with Crippen molar-refractivity contribution in [2.45, 2.75) is 6.92 Å². The van der Waals surface area contributed by atoms with E-state index in [9.17, 15) is 9.18 Å². The van der Waals surface area contributed by atoms with Crippen LogP contribution in [0.1, 0.15) is 11.1 Å². The standard InChI is InChI=1S/C10H10FNO/c1-7-6-8(2-4-9(7)11)3-5-10(12)13/h2-6H,1H3,(H2,12,13)/b5-3+. The second-order valence-electron chi connectivity index (χ2n) is 2.74. The molecular weight excluding hydrogens is 169 g/mol. The van der Waals surface area contributed by atoms with Crippen LogP contribution in [0.5, 0.6) is 0 Å². The van der Waals surface area contributed by atoms with Gasteiger partial charge in [0.25, 0.3) is 0 Å². The third-order valence-electron chi connectivity index (χ3n) is 1.62. The van der Waals surface area contributed by atoms with Crippen LogP contribution in [0.25, 0.3) is 6.08 Å². The highest BCUT2D eigenvalue weighted by molar-refractivity contribution is 5.90. The van der Waals surface area contributed by atoms with Gasteiger partial charge in [-0.05, 0) is 36.3 Å². The van der Waals surface area contributed by atoms with Gasteiger partial charge in [0.1, 0.15) is 5.82 Å². The fourth-order valence-electron chi connectivity index (χ4n) is 0.950. The molecule has 1 aromatic rings. The summed E-state index contributed by atoms with van der Waals surface area (Å²) < 4.78 is 12.8. The van der Waals surface area contributed by atoms with Gasteiger partial charge >= 0.3 is 0 Å². The first-order valence-corrected chi connectivity index (χ1v) is 3.83. The molecule has 1 rings (SSSR count). The number of rotatable bonds is 2. The Bertz CT molecular complexity index is 358. The summed E-state index contributed by atoms with van der Waals surface area (Å²) in [5, 5.41) is 0. The molecule has 2 nitrogen and oxygen atoms in total. The number of hydrogen-bond donors (Lipinski definition) is 1. The van der Waals surface area contributed by atoms with Gasteiger partial charge in [0, 0.05) is 6.08 Å². The molecule has 2 N–H and O–H groups in total. The molecule has 0 saturated heterocycles. The zero-order valence-electron chi connectivity index (χ0n) is 7.25. The lowest BCUT2D eigenvalue weighted by Gasteiger charge is -1.97. The second-order valence-corrected chi connectivity index (χ2v) is 2.74. The van der Waals surface area contributed by atoms with Crippen LogP contribution in [0.4, 0.5) is 4.39 Å². The first kappa shape index (κ1) is 9.45. The summed E-state index contributed by atoms with van der Waals surface area (Å²) in [6.07, 6.45) is 2.79. The summed E-state index contributed by atoms with van der Waals surface area (Å²) in [6, 6.07) is 4.59. The van der Waals surface area contributed by atoms with Gasteiger partial charge in [0.2, 0.25) is 5.91 Å². The van der Waals surface area contributed by atoms with Gasteiger partial charge in [-0.2, -0.15) is 0 Å². The first-order chi connectivity index (χ1) is 6.09. The zero-order chi connectivity index (χ0) is 9.84. The molecular formula is C10H10FNO. The van der Waals surface area contributed by atoms with Crippen molar-refractivity contribution < 1.29 is 9.18 Å². The Labute approximate surface area is 75.9 Å². The molecule has 0 aliphatic heterocycles. The van der Waals surface area contributed by atoms with Crippen LogP contribution in [0, 0.1) is 12.7 Å². The summed E-state index contributed by atoms with van der Waals surface area (Å²) in [5.41, 5.74) is 6.22. The number of nitrogens with two attached hydrogens (primary N) is 1. The molecule has 0 spiro atoms. The Hall–Kier alpha value is -1.64. The van der Waals surface area contributed by atoms with E-state index in [2.05, 4.69) is 0 Å². The molecule has 1 amide bonds. The lowest BCUT2D eigenvalue weighted by molar-refractivity contribution is -0.113. The van der Waals surface area contributed by atoms with Crippen molar-refractivity contribution in [2.75, 3.05) is 0 Å². The van der Waals surface area contributed by atoms with Crippen LogP contribution in [-0.4, -0.2) is 5.91 Å². The molecule has 68 valence electrons. The lowest BCUT2D eigenvalue weighted by atomic mass is 10.1. The topological polar surface area (TPSA) is 43.1 Å². The summed E-state index contributed by atoms with van der Waals surface area (Å²) >= 11 is 0. The number of carbonyl (C=O) groups excluding carboxylic acids is 1. The van der Waals surface area contributed by atoms with E-state index >= 15 is 0 Å². The zero-order valence-corrected chi connectivity index (χ0v) is 7.25. The molecule has 0 aromatic heterocycles. The Morgan fingerprint density at radius 1 is 1.54 bits per heavy atom. The minimum absolute atomic E-state index is 0.253. The summed E-state index contributed by atoms with van der Waals surface area (Å²) in [7, 11) is 0. The maximum atomic E-state index is 12.8. The molecule has 0 atom stereocenters. The third-order valence-corrected chi connectivity index (χ3v) is 1.62. The maximum Gasteiger partial charge on any atom is 0.241 e. The summed E-state index contributed by atoms with van der Waals surface area (Å²) in [5.74, 6) is -0.766. The molecule has 3 heteroatoms. The molecule has 0 fully saturated rings. The smallest absolute Gasteiger partial charge is 0.241 e. The predicted molar refractivity (Wildman–Crippen MR) is 49.4 cm³/mol. The van der Waals surface area contributed by atoms with Gasteiger partial charge in [0.15, 0.2) is 0 Å². The molecule has 0 aliphatic carbocycles. The van der Waals surface area contributed by atoms with Gasteiger partial charge < -0.3 is 5.73 Å². The van der Waals surface area contributed by atoms with Crippen LogP contribution in [-0.2, 0) is 4.79 Å². The van der Waals surface area contributed by atoms with Crippen LogP contribution in [0.15, 0.2) is 24.3 Å². The van der Waals surface area contributed by atoms with E-state index in [1.807, 2.05) is 0 Å². The van der Waals surface area contributed by atoms with E-state index in [1.165, 1.54) is 12.1 Å². The van der Waals surface area contributed by atoms with Gasteiger partial charge in [0.05, 0.1) is 0 Å². The Morgan fingerprint density at radius 2 is 2.23 bits per heavy atom. The lowest BCUT2D eigenvalue weighted by Crippen LogP contribution is -2.05. The number of benzene rings is 1. The summed E-state index contributed by atoms with van der Waals surface area (Å²) in [4.78, 5) is 10.4. The highest BCUT2D eigenvalue weighted by Gasteiger charge is 1.95. The fourth-order valence-corrected chi connectivity index (χ4v) is 0.950. The highest BCUT2D eigenvalue weighted by Crippen LogP contribution is 2.10. The number of primary amides is 1. The predicted octanol–water partition coefficient (Wildman–Crippen LogP) is 1.63. The van der Waals surface area contributed by atoms with Crippen LogP contribution < -0.4 is 5.73 Å². The molecule has 0 aliphatic rings. The van der Waals surface area contributed by atoms with E-state index in [-0.39, 0.29) is 5.82 Å². The average molecular weight is 179 g/mol. The number of amides is 1. The monoisotopic (exact) mass is 179 g/mol. The van der Waals surface area contributed by atoms with Crippen LogP contribution in [0.2, 0.25) is 0 Å². The van der Waals surface area contributed by atoms with Gasteiger partial charge in [-0.25, -0.2) is 4.39 Å². The quantitative estimate of drug-likeness (QED) is 0.689. The SMILES string of the molecule is Cc1cc(/C=C/C(N)=O)ccc1F. The van der Waals surface area contributed by atoms with E-state index in [4.69, 9.17) is 5.73 Å². The van der Waals surface area contributed by atoms with E-state index in [1.54, 1.807) is 25.1 Å². The fraction of sp³-hybridized carbons (Fsp3) is 0.100.